The fraction of sp³-hybridized carbons (Fsp3) is 0.538. The Kier molecular flexibility index (Phi) is 4.22. The summed E-state index contributed by atoms with van der Waals surface area (Å²) in [6.07, 6.45) is 6.77. The number of anilines is 1. The molecule has 3 heteroatoms. The molecule has 1 aliphatic rings. The number of nitrogens with one attached hydrogen (secondary N) is 1. The van der Waals surface area contributed by atoms with Gasteiger partial charge in [-0.1, -0.05) is 19.3 Å². The van der Waals surface area contributed by atoms with E-state index in [0.29, 0.717) is 4.47 Å². The first-order chi connectivity index (χ1) is 7.75. The molecule has 0 amide bonds. The van der Waals surface area contributed by atoms with E-state index in [-0.39, 0.29) is 5.82 Å². The van der Waals surface area contributed by atoms with Crippen molar-refractivity contribution in [3.8, 4) is 0 Å². The number of benzene rings is 1. The predicted octanol–water partition coefficient (Wildman–Crippen LogP) is 4.58. The topological polar surface area (TPSA) is 12.0 Å². The number of hydrogen-bond donors (Lipinski definition) is 1. The second-order valence-corrected chi connectivity index (χ2v) is 5.37. The second-order valence-electron chi connectivity index (χ2n) is 4.51. The molecule has 1 aromatic carbocycles. The normalized spacial score (nSPS) is 17.4. The Hall–Kier alpha value is -0.570. The fourth-order valence-corrected chi connectivity index (χ4v) is 2.64. The SMILES string of the molecule is Fc1ccc(NCC2CCCCC2)cc1Br. The van der Waals surface area contributed by atoms with E-state index in [1.165, 1.54) is 38.2 Å². The zero-order valence-electron chi connectivity index (χ0n) is 9.31. The largest absolute Gasteiger partial charge is 0.385 e. The summed E-state index contributed by atoms with van der Waals surface area (Å²) < 4.78 is 13.5. The lowest BCUT2D eigenvalue weighted by Crippen LogP contribution is -2.17. The van der Waals surface area contributed by atoms with Crippen molar-refractivity contribution in [2.24, 2.45) is 5.92 Å². The van der Waals surface area contributed by atoms with Gasteiger partial charge in [0.25, 0.3) is 0 Å². The zero-order chi connectivity index (χ0) is 11.4. The summed E-state index contributed by atoms with van der Waals surface area (Å²) in [5.41, 5.74) is 0.999. The third-order valence-electron chi connectivity index (χ3n) is 3.24. The highest BCUT2D eigenvalue weighted by Crippen LogP contribution is 2.25. The van der Waals surface area contributed by atoms with Crippen LogP contribution in [0.4, 0.5) is 10.1 Å². The van der Waals surface area contributed by atoms with Crippen molar-refractivity contribution in [3.63, 3.8) is 0 Å². The van der Waals surface area contributed by atoms with Crippen LogP contribution in [0.3, 0.4) is 0 Å². The minimum Gasteiger partial charge on any atom is -0.385 e. The molecule has 0 spiro atoms. The van der Waals surface area contributed by atoms with Crippen LogP contribution in [-0.2, 0) is 0 Å². The average molecular weight is 286 g/mol. The van der Waals surface area contributed by atoms with Gasteiger partial charge in [-0.25, -0.2) is 4.39 Å². The molecule has 1 nitrogen and oxygen atoms in total. The first kappa shape index (κ1) is 11.9. The summed E-state index contributed by atoms with van der Waals surface area (Å²) in [7, 11) is 0. The molecule has 1 saturated carbocycles. The van der Waals surface area contributed by atoms with Crippen LogP contribution in [-0.4, -0.2) is 6.54 Å². The van der Waals surface area contributed by atoms with Crippen molar-refractivity contribution in [1.29, 1.82) is 0 Å². The Labute approximate surface area is 105 Å². The summed E-state index contributed by atoms with van der Waals surface area (Å²) in [6, 6.07) is 5.09. The highest BCUT2D eigenvalue weighted by Gasteiger charge is 2.12. The quantitative estimate of drug-likeness (QED) is 0.857. The van der Waals surface area contributed by atoms with Crippen molar-refractivity contribution in [3.05, 3.63) is 28.5 Å². The highest BCUT2D eigenvalue weighted by molar-refractivity contribution is 9.10. The van der Waals surface area contributed by atoms with Crippen LogP contribution in [0.25, 0.3) is 0 Å². The van der Waals surface area contributed by atoms with Gasteiger partial charge in [0.15, 0.2) is 0 Å². The van der Waals surface area contributed by atoms with Gasteiger partial charge < -0.3 is 5.32 Å². The Balaban J connectivity index is 1.86. The Morgan fingerprint density at radius 2 is 2.00 bits per heavy atom. The van der Waals surface area contributed by atoms with E-state index in [9.17, 15) is 4.39 Å². The van der Waals surface area contributed by atoms with Crippen LogP contribution in [0.15, 0.2) is 22.7 Å². The van der Waals surface area contributed by atoms with Crippen LogP contribution >= 0.6 is 15.9 Å². The van der Waals surface area contributed by atoms with Gasteiger partial charge in [-0.3, -0.25) is 0 Å². The van der Waals surface area contributed by atoms with Crippen molar-refractivity contribution in [2.75, 3.05) is 11.9 Å². The van der Waals surface area contributed by atoms with Gasteiger partial charge in [0.2, 0.25) is 0 Å². The van der Waals surface area contributed by atoms with Crippen molar-refractivity contribution in [1.82, 2.24) is 0 Å². The molecule has 2 rings (SSSR count). The van der Waals surface area contributed by atoms with Crippen LogP contribution in [0.1, 0.15) is 32.1 Å². The molecule has 0 atom stereocenters. The summed E-state index contributed by atoms with van der Waals surface area (Å²) in [4.78, 5) is 0. The van der Waals surface area contributed by atoms with Crippen molar-refractivity contribution >= 4 is 21.6 Å². The molecule has 0 bridgehead atoms. The van der Waals surface area contributed by atoms with Gasteiger partial charge >= 0.3 is 0 Å². The molecule has 0 aliphatic heterocycles. The first-order valence-electron chi connectivity index (χ1n) is 5.94. The predicted molar refractivity (Wildman–Crippen MR) is 69.2 cm³/mol. The van der Waals surface area contributed by atoms with Gasteiger partial charge in [0, 0.05) is 12.2 Å². The maximum Gasteiger partial charge on any atom is 0.137 e. The van der Waals surface area contributed by atoms with Gasteiger partial charge in [-0.15, -0.1) is 0 Å². The third kappa shape index (κ3) is 3.21. The van der Waals surface area contributed by atoms with Crippen molar-refractivity contribution in [2.45, 2.75) is 32.1 Å². The van der Waals surface area contributed by atoms with Gasteiger partial charge in [0.1, 0.15) is 5.82 Å². The summed E-state index contributed by atoms with van der Waals surface area (Å²) in [5, 5.41) is 3.39. The second kappa shape index (κ2) is 5.67. The highest BCUT2D eigenvalue weighted by atomic mass is 79.9. The van der Waals surface area contributed by atoms with E-state index in [0.717, 1.165) is 18.2 Å². The number of rotatable bonds is 3. The van der Waals surface area contributed by atoms with E-state index < -0.39 is 0 Å². The molecular formula is C13H17BrFN. The lowest BCUT2D eigenvalue weighted by atomic mass is 9.89. The van der Waals surface area contributed by atoms with Gasteiger partial charge in [0.05, 0.1) is 4.47 Å². The van der Waals surface area contributed by atoms with E-state index >= 15 is 0 Å². The van der Waals surface area contributed by atoms with E-state index in [1.54, 1.807) is 12.1 Å². The van der Waals surface area contributed by atoms with E-state index in [1.807, 2.05) is 0 Å². The summed E-state index contributed by atoms with van der Waals surface area (Å²) in [5.74, 6) is 0.584. The molecule has 0 aromatic heterocycles. The standard InChI is InChI=1S/C13H17BrFN/c14-12-8-11(6-7-13(12)15)16-9-10-4-2-1-3-5-10/h6-8,10,16H,1-5,9H2. The Morgan fingerprint density at radius 1 is 1.25 bits per heavy atom. The third-order valence-corrected chi connectivity index (χ3v) is 3.85. The molecule has 1 N–H and O–H groups in total. The van der Waals surface area contributed by atoms with E-state index in [2.05, 4.69) is 21.2 Å². The summed E-state index contributed by atoms with van der Waals surface area (Å²) in [6.45, 7) is 1.01. The minimum absolute atomic E-state index is 0.205. The Morgan fingerprint density at radius 3 is 2.69 bits per heavy atom. The molecule has 0 radical (unpaired) electrons. The first-order valence-corrected chi connectivity index (χ1v) is 6.74. The average Bonchev–Trinajstić information content (AvgIpc) is 2.32. The maximum absolute atomic E-state index is 13.0. The molecular weight excluding hydrogens is 269 g/mol. The van der Waals surface area contributed by atoms with E-state index in [4.69, 9.17) is 0 Å². The molecule has 0 heterocycles. The molecule has 1 aromatic rings. The van der Waals surface area contributed by atoms with Crippen LogP contribution in [0, 0.1) is 11.7 Å². The number of hydrogen-bond acceptors (Lipinski definition) is 1. The van der Waals surface area contributed by atoms with Crippen LogP contribution in [0.5, 0.6) is 0 Å². The summed E-state index contributed by atoms with van der Waals surface area (Å²) >= 11 is 3.20. The molecule has 1 aliphatic carbocycles. The zero-order valence-corrected chi connectivity index (χ0v) is 10.9. The molecule has 88 valence electrons. The Bertz CT molecular complexity index is 348. The van der Waals surface area contributed by atoms with Gasteiger partial charge in [-0.2, -0.15) is 0 Å². The maximum atomic E-state index is 13.0. The fourth-order valence-electron chi connectivity index (χ4n) is 2.26. The molecule has 1 fully saturated rings. The van der Waals surface area contributed by atoms with Crippen LogP contribution in [0.2, 0.25) is 0 Å². The minimum atomic E-state index is -0.205. The van der Waals surface area contributed by atoms with Crippen LogP contribution < -0.4 is 5.32 Å². The molecule has 0 saturated heterocycles. The smallest absolute Gasteiger partial charge is 0.137 e. The molecule has 16 heavy (non-hydrogen) atoms. The lowest BCUT2D eigenvalue weighted by molar-refractivity contribution is 0.373. The molecule has 0 unspecified atom stereocenters. The number of halogens is 2. The van der Waals surface area contributed by atoms with Gasteiger partial charge in [-0.05, 0) is 52.9 Å². The van der Waals surface area contributed by atoms with Crippen molar-refractivity contribution < 1.29 is 4.39 Å². The lowest BCUT2D eigenvalue weighted by Gasteiger charge is -2.22. The monoisotopic (exact) mass is 285 g/mol.